The SMILES string of the molecule is [C-]#[N+]c1c(N)nc(N)nc1N[C@@H](C)c1cc2cccc(Cl)c2c(=O)n1-c1cc(F)cc(F)c1. The van der Waals surface area contributed by atoms with E-state index in [1.807, 2.05) is 0 Å². The van der Waals surface area contributed by atoms with E-state index in [4.69, 9.17) is 29.6 Å². The van der Waals surface area contributed by atoms with Gasteiger partial charge in [-0.3, -0.25) is 9.36 Å². The van der Waals surface area contributed by atoms with Crippen molar-refractivity contribution in [3.8, 4) is 5.69 Å². The van der Waals surface area contributed by atoms with Gasteiger partial charge < -0.3 is 16.8 Å². The van der Waals surface area contributed by atoms with E-state index in [2.05, 4.69) is 20.1 Å². The summed E-state index contributed by atoms with van der Waals surface area (Å²) in [5.74, 6) is -1.91. The van der Waals surface area contributed by atoms with Gasteiger partial charge in [0.05, 0.1) is 28.7 Å². The van der Waals surface area contributed by atoms with Crippen molar-refractivity contribution in [1.29, 1.82) is 0 Å². The second kappa shape index (κ2) is 8.37. The first-order chi connectivity index (χ1) is 15.7. The summed E-state index contributed by atoms with van der Waals surface area (Å²) in [6.07, 6.45) is 0. The highest BCUT2D eigenvalue weighted by Crippen LogP contribution is 2.33. The summed E-state index contributed by atoms with van der Waals surface area (Å²) >= 11 is 6.27. The molecule has 0 aliphatic rings. The fraction of sp³-hybridized carbons (Fsp3) is 0.0909. The van der Waals surface area contributed by atoms with Crippen LogP contribution in [0.15, 0.2) is 47.3 Å². The minimum absolute atomic E-state index is 0.0323. The summed E-state index contributed by atoms with van der Waals surface area (Å²) in [6, 6.07) is 8.68. The molecule has 1 atom stereocenters. The van der Waals surface area contributed by atoms with E-state index >= 15 is 0 Å². The Hall–Kier alpha value is -4.23. The Morgan fingerprint density at radius 2 is 1.85 bits per heavy atom. The van der Waals surface area contributed by atoms with E-state index in [0.717, 1.165) is 16.7 Å². The van der Waals surface area contributed by atoms with Crippen molar-refractivity contribution in [2.45, 2.75) is 13.0 Å². The molecule has 8 nitrogen and oxygen atoms in total. The minimum atomic E-state index is -0.852. The van der Waals surface area contributed by atoms with Crippen LogP contribution in [0.1, 0.15) is 18.7 Å². The third-order valence-electron chi connectivity index (χ3n) is 4.97. The highest BCUT2D eigenvalue weighted by molar-refractivity contribution is 6.35. The van der Waals surface area contributed by atoms with E-state index in [9.17, 15) is 13.6 Å². The zero-order chi connectivity index (χ0) is 23.9. The van der Waals surface area contributed by atoms with Crippen molar-refractivity contribution in [1.82, 2.24) is 14.5 Å². The van der Waals surface area contributed by atoms with Crippen molar-refractivity contribution in [2.75, 3.05) is 16.8 Å². The van der Waals surface area contributed by atoms with Crippen LogP contribution in [0.2, 0.25) is 5.02 Å². The molecular formula is C22H16ClF2N7O. The van der Waals surface area contributed by atoms with Gasteiger partial charge in [0.1, 0.15) is 23.3 Å². The number of benzene rings is 2. The van der Waals surface area contributed by atoms with Gasteiger partial charge in [0.25, 0.3) is 11.2 Å². The second-order valence-electron chi connectivity index (χ2n) is 7.18. The number of aromatic nitrogens is 3. The Kier molecular flexibility index (Phi) is 5.57. The van der Waals surface area contributed by atoms with Gasteiger partial charge in [0, 0.05) is 11.8 Å². The number of nitrogens with zero attached hydrogens (tertiary/aromatic N) is 4. The van der Waals surface area contributed by atoms with Crippen molar-refractivity contribution >= 4 is 45.6 Å². The summed E-state index contributed by atoms with van der Waals surface area (Å²) < 4.78 is 29.2. The smallest absolute Gasteiger partial charge is 0.268 e. The maximum Gasteiger partial charge on any atom is 0.268 e. The van der Waals surface area contributed by atoms with Crippen LogP contribution >= 0.6 is 11.6 Å². The van der Waals surface area contributed by atoms with Gasteiger partial charge in [0.15, 0.2) is 0 Å². The lowest BCUT2D eigenvalue weighted by molar-refractivity contribution is 0.580. The number of hydrogen-bond donors (Lipinski definition) is 3. The maximum atomic E-state index is 14.0. The molecule has 0 aliphatic carbocycles. The molecule has 0 radical (unpaired) electrons. The Bertz CT molecular complexity index is 1490. The lowest BCUT2D eigenvalue weighted by Gasteiger charge is -2.22. The molecular weight excluding hydrogens is 452 g/mol. The molecule has 5 N–H and O–H groups in total. The summed E-state index contributed by atoms with van der Waals surface area (Å²) in [6.45, 7) is 9.05. The number of halogens is 3. The largest absolute Gasteiger partial charge is 0.392 e. The van der Waals surface area contributed by atoms with Crippen molar-refractivity contribution in [3.63, 3.8) is 0 Å². The molecule has 33 heavy (non-hydrogen) atoms. The number of hydrogen-bond acceptors (Lipinski definition) is 6. The standard InChI is InChI=1S/C22H16ClF2N7O/c1-10(29-20-18(28-2)19(26)30-22(27)31-20)16-6-11-4-3-5-15(23)17(11)21(33)32(16)14-8-12(24)7-13(25)9-14/h3-10H,1H3,(H5,26,27,29,30,31)/t10-/m0/s1. The van der Waals surface area contributed by atoms with Crippen LogP contribution in [-0.4, -0.2) is 14.5 Å². The van der Waals surface area contributed by atoms with Crippen LogP contribution in [0.25, 0.3) is 21.3 Å². The molecule has 2 heterocycles. The molecule has 0 spiro atoms. The Balaban J connectivity index is 1.97. The third-order valence-corrected chi connectivity index (χ3v) is 5.28. The molecule has 0 unspecified atom stereocenters. The minimum Gasteiger partial charge on any atom is -0.392 e. The first kappa shape index (κ1) is 22.0. The molecule has 0 bridgehead atoms. The van der Waals surface area contributed by atoms with Gasteiger partial charge in [-0.25, -0.2) is 23.6 Å². The molecule has 0 amide bonds. The van der Waals surface area contributed by atoms with E-state index in [1.165, 1.54) is 0 Å². The Morgan fingerprint density at radius 3 is 2.52 bits per heavy atom. The van der Waals surface area contributed by atoms with Gasteiger partial charge in [-0.15, -0.1) is 0 Å². The van der Waals surface area contributed by atoms with Crippen LogP contribution in [0.4, 0.5) is 32.1 Å². The number of nitrogens with two attached hydrogens (primary N) is 2. The summed E-state index contributed by atoms with van der Waals surface area (Å²) in [4.78, 5) is 24.6. The predicted octanol–water partition coefficient (Wildman–Crippen LogP) is 4.60. The van der Waals surface area contributed by atoms with Gasteiger partial charge in [-0.2, -0.15) is 0 Å². The lowest BCUT2D eigenvalue weighted by atomic mass is 10.1. The van der Waals surface area contributed by atoms with Crippen LogP contribution in [0.5, 0.6) is 0 Å². The lowest BCUT2D eigenvalue weighted by Crippen LogP contribution is -2.26. The molecule has 0 fully saturated rings. The van der Waals surface area contributed by atoms with Gasteiger partial charge in [0.2, 0.25) is 5.95 Å². The highest BCUT2D eigenvalue weighted by atomic mass is 35.5. The van der Waals surface area contributed by atoms with Crippen LogP contribution in [0, 0.1) is 18.2 Å². The average molecular weight is 468 g/mol. The number of rotatable bonds is 4. The monoisotopic (exact) mass is 467 g/mol. The van der Waals surface area contributed by atoms with Crippen LogP contribution < -0.4 is 22.3 Å². The van der Waals surface area contributed by atoms with E-state index in [0.29, 0.717) is 17.1 Å². The molecule has 0 aliphatic heterocycles. The fourth-order valence-electron chi connectivity index (χ4n) is 3.57. The summed E-state index contributed by atoms with van der Waals surface area (Å²) in [7, 11) is 0. The second-order valence-corrected chi connectivity index (χ2v) is 7.59. The van der Waals surface area contributed by atoms with E-state index in [-0.39, 0.29) is 39.4 Å². The number of nitrogen functional groups attached to an aromatic ring is 2. The predicted molar refractivity (Wildman–Crippen MR) is 124 cm³/mol. The quantitative estimate of drug-likeness (QED) is 0.378. The molecule has 2 aromatic carbocycles. The highest BCUT2D eigenvalue weighted by Gasteiger charge is 2.21. The number of pyridine rings is 1. The third kappa shape index (κ3) is 4.02. The average Bonchev–Trinajstić information content (AvgIpc) is 2.72. The summed E-state index contributed by atoms with van der Waals surface area (Å²) in [5, 5.41) is 3.91. The number of nitrogens with one attached hydrogen (secondary N) is 1. The van der Waals surface area contributed by atoms with Gasteiger partial charge in [-0.1, -0.05) is 23.7 Å². The van der Waals surface area contributed by atoms with Gasteiger partial charge in [-0.05, 0) is 36.6 Å². The molecule has 0 saturated heterocycles. The first-order valence-electron chi connectivity index (χ1n) is 9.57. The number of anilines is 3. The maximum absolute atomic E-state index is 14.0. The molecule has 4 aromatic rings. The fourth-order valence-corrected chi connectivity index (χ4v) is 3.84. The zero-order valence-corrected chi connectivity index (χ0v) is 17.9. The zero-order valence-electron chi connectivity index (χ0n) is 17.1. The van der Waals surface area contributed by atoms with Crippen molar-refractivity contribution in [3.05, 3.63) is 86.6 Å². The Labute approximate surface area is 191 Å². The molecule has 4 rings (SSSR count). The Morgan fingerprint density at radius 1 is 1.15 bits per heavy atom. The van der Waals surface area contributed by atoms with Gasteiger partial charge >= 0.3 is 0 Å². The normalized spacial score (nSPS) is 11.8. The molecule has 2 aromatic heterocycles. The molecule has 11 heteroatoms. The van der Waals surface area contributed by atoms with Crippen LogP contribution in [-0.2, 0) is 0 Å². The first-order valence-corrected chi connectivity index (χ1v) is 9.95. The molecule has 166 valence electrons. The van der Waals surface area contributed by atoms with Crippen LogP contribution in [0.3, 0.4) is 0 Å². The number of fused-ring (bicyclic) bond motifs is 1. The molecule has 0 saturated carbocycles. The van der Waals surface area contributed by atoms with E-state index in [1.54, 1.807) is 31.2 Å². The van der Waals surface area contributed by atoms with Crippen molar-refractivity contribution < 1.29 is 8.78 Å². The topological polar surface area (TPSA) is 116 Å². The summed E-state index contributed by atoms with van der Waals surface area (Å²) in [5.41, 5.74) is 11.1. The van der Waals surface area contributed by atoms with Crippen molar-refractivity contribution in [2.24, 2.45) is 0 Å². The van der Waals surface area contributed by atoms with E-state index < -0.39 is 23.2 Å².